The molecule has 3 rings (SSSR count). The van der Waals surface area contributed by atoms with Gasteiger partial charge in [-0.2, -0.15) is 5.10 Å². The molecule has 0 unspecified atom stereocenters. The molecule has 0 aliphatic heterocycles. The lowest BCUT2D eigenvalue weighted by molar-refractivity contribution is 0.0943. The van der Waals surface area contributed by atoms with Gasteiger partial charge >= 0.3 is 0 Å². The molecule has 1 amide bonds. The molecule has 1 N–H and O–H groups in total. The van der Waals surface area contributed by atoms with E-state index >= 15 is 0 Å². The van der Waals surface area contributed by atoms with Crippen LogP contribution in [0, 0.1) is 6.92 Å². The van der Waals surface area contributed by atoms with Gasteiger partial charge < -0.3 is 5.32 Å². The molecule has 6 heteroatoms. The number of nitrogens with one attached hydrogen (secondary N) is 1. The molecule has 0 bridgehead atoms. The molecular formula is C16H16N4OS. The van der Waals surface area contributed by atoms with Crippen molar-refractivity contribution >= 4 is 17.2 Å². The lowest BCUT2D eigenvalue weighted by Crippen LogP contribution is -2.26. The molecule has 3 aromatic rings. The van der Waals surface area contributed by atoms with Crippen LogP contribution >= 0.6 is 11.3 Å². The van der Waals surface area contributed by atoms with Gasteiger partial charge in [-0.3, -0.25) is 4.79 Å². The van der Waals surface area contributed by atoms with Crippen molar-refractivity contribution in [2.45, 2.75) is 19.9 Å². The number of nitrogens with zero attached hydrogens (tertiary/aromatic N) is 3. The first-order chi connectivity index (χ1) is 10.6. The Hall–Kier alpha value is -2.47. The van der Waals surface area contributed by atoms with Crippen LogP contribution in [0.15, 0.2) is 48.2 Å². The minimum absolute atomic E-state index is 0.0861. The van der Waals surface area contributed by atoms with Crippen molar-refractivity contribution in [3.8, 4) is 5.69 Å². The minimum Gasteiger partial charge on any atom is -0.345 e. The van der Waals surface area contributed by atoms with Gasteiger partial charge in [-0.1, -0.05) is 12.1 Å². The molecule has 1 aromatic carbocycles. The number of hydrogen-bond acceptors (Lipinski definition) is 4. The Morgan fingerprint density at radius 3 is 2.91 bits per heavy atom. The lowest BCUT2D eigenvalue weighted by atomic mass is 10.1. The van der Waals surface area contributed by atoms with Gasteiger partial charge in [-0.05, 0) is 37.6 Å². The van der Waals surface area contributed by atoms with Crippen molar-refractivity contribution in [1.82, 2.24) is 20.1 Å². The fourth-order valence-electron chi connectivity index (χ4n) is 2.22. The van der Waals surface area contributed by atoms with Gasteiger partial charge in [0, 0.05) is 12.4 Å². The van der Waals surface area contributed by atoms with E-state index in [0.29, 0.717) is 4.88 Å². The number of amides is 1. The van der Waals surface area contributed by atoms with Gasteiger partial charge in [0.2, 0.25) is 0 Å². The largest absolute Gasteiger partial charge is 0.345 e. The summed E-state index contributed by atoms with van der Waals surface area (Å²) in [6, 6.07) is 9.76. The summed E-state index contributed by atoms with van der Waals surface area (Å²) in [7, 11) is 0. The van der Waals surface area contributed by atoms with Crippen molar-refractivity contribution in [3.05, 3.63) is 64.4 Å². The Morgan fingerprint density at radius 2 is 2.23 bits per heavy atom. The Morgan fingerprint density at radius 1 is 1.36 bits per heavy atom. The molecule has 0 saturated heterocycles. The van der Waals surface area contributed by atoms with Gasteiger partial charge in [0.25, 0.3) is 5.91 Å². The predicted molar refractivity (Wildman–Crippen MR) is 86.3 cm³/mol. The van der Waals surface area contributed by atoms with Gasteiger partial charge in [0.1, 0.15) is 4.88 Å². The van der Waals surface area contributed by atoms with E-state index in [1.54, 1.807) is 16.4 Å². The second kappa shape index (κ2) is 6.11. The highest BCUT2D eigenvalue weighted by atomic mass is 32.1. The lowest BCUT2D eigenvalue weighted by Gasteiger charge is -2.15. The number of thiazole rings is 1. The molecule has 0 saturated carbocycles. The Bertz CT molecular complexity index is 779. The summed E-state index contributed by atoms with van der Waals surface area (Å²) in [5.41, 5.74) is 4.45. The first-order valence-electron chi connectivity index (χ1n) is 6.96. The third kappa shape index (κ3) is 2.92. The van der Waals surface area contributed by atoms with E-state index in [-0.39, 0.29) is 11.9 Å². The van der Waals surface area contributed by atoms with Crippen LogP contribution < -0.4 is 5.32 Å². The van der Waals surface area contributed by atoms with Crippen molar-refractivity contribution in [2.24, 2.45) is 0 Å². The number of carbonyl (C=O) groups excluding carboxylic acids is 1. The number of rotatable bonds is 4. The highest BCUT2D eigenvalue weighted by Crippen LogP contribution is 2.18. The fourth-order valence-corrected chi connectivity index (χ4v) is 2.93. The zero-order valence-electron chi connectivity index (χ0n) is 12.4. The van der Waals surface area contributed by atoms with Crippen LogP contribution in [0.4, 0.5) is 0 Å². The van der Waals surface area contributed by atoms with Crippen molar-refractivity contribution in [1.29, 1.82) is 0 Å². The van der Waals surface area contributed by atoms with Crippen LogP contribution in [0.25, 0.3) is 5.69 Å². The number of aromatic nitrogens is 3. The highest BCUT2D eigenvalue weighted by Gasteiger charge is 2.15. The SMILES string of the molecule is Cc1ncsc1C(=O)N[C@H](C)c1cccc(-n2cccn2)c1. The van der Waals surface area contributed by atoms with Gasteiger partial charge in [-0.15, -0.1) is 11.3 Å². The number of carbonyl (C=O) groups is 1. The molecular weight excluding hydrogens is 296 g/mol. The maximum atomic E-state index is 12.3. The Kier molecular flexibility index (Phi) is 4.02. The third-order valence-corrected chi connectivity index (χ3v) is 4.37. The first kappa shape index (κ1) is 14.5. The summed E-state index contributed by atoms with van der Waals surface area (Å²) in [5, 5.41) is 7.24. The first-order valence-corrected chi connectivity index (χ1v) is 7.84. The molecule has 5 nitrogen and oxygen atoms in total. The second-order valence-corrected chi connectivity index (χ2v) is 5.86. The molecule has 22 heavy (non-hydrogen) atoms. The Labute approximate surface area is 132 Å². The molecule has 2 heterocycles. The number of hydrogen-bond donors (Lipinski definition) is 1. The summed E-state index contributed by atoms with van der Waals surface area (Å²) in [6.45, 7) is 3.81. The van der Waals surface area contributed by atoms with Crippen LogP contribution in [0.2, 0.25) is 0 Å². The third-order valence-electron chi connectivity index (χ3n) is 3.44. The molecule has 0 aliphatic rings. The molecule has 0 radical (unpaired) electrons. The summed E-state index contributed by atoms with van der Waals surface area (Å²) in [6.07, 6.45) is 3.63. The Balaban J connectivity index is 1.78. The van der Waals surface area contributed by atoms with Gasteiger partial charge in [0.05, 0.1) is 22.9 Å². The molecule has 0 fully saturated rings. The zero-order valence-corrected chi connectivity index (χ0v) is 13.2. The molecule has 1 atom stereocenters. The fraction of sp³-hybridized carbons (Fsp3) is 0.188. The van der Waals surface area contributed by atoms with Crippen LogP contribution in [-0.2, 0) is 0 Å². The maximum Gasteiger partial charge on any atom is 0.263 e. The average molecular weight is 312 g/mol. The van der Waals surface area contributed by atoms with E-state index in [0.717, 1.165) is 16.9 Å². The van der Waals surface area contributed by atoms with E-state index < -0.39 is 0 Å². The molecule has 2 aromatic heterocycles. The van der Waals surface area contributed by atoms with Crippen molar-refractivity contribution in [3.63, 3.8) is 0 Å². The summed E-state index contributed by atoms with van der Waals surface area (Å²) < 4.78 is 1.80. The standard InChI is InChI=1S/C16H16N4OS/c1-11(19-16(21)15-12(2)17-10-22-15)13-5-3-6-14(9-13)20-8-4-7-18-20/h3-11H,1-2H3,(H,19,21)/t11-/m1/s1. The van der Waals surface area contributed by atoms with Gasteiger partial charge in [0.15, 0.2) is 0 Å². The van der Waals surface area contributed by atoms with E-state index in [1.165, 1.54) is 11.3 Å². The van der Waals surface area contributed by atoms with Crippen LogP contribution in [-0.4, -0.2) is 20.7 Å². The molecule has 0 aliphatic carbocycles. The molecule has 0 spiro atoms. The topological polar surface area (TPSA) is 59.8 Å². The van der Waals surface area contributed by atoms with Crippen LogP contribution in [0.1, 0.15) is 33.9 Å². The second-order valence-electron chi connectivity index (χ2n) is 5.01. The minimum atomic E-state index is -0.0930. The van der Waals surface area contributed by atoms with E-state index in [2.05, 4.69) is 15.4 Å². The number of benzene rings is 1. The van der Waals surface area contributed by atoms with Gasteiger partial charge in [-0.25, -0.2) is 9.67 Å². The highest BCUT2D eigenvalue weighted by molar-refractivity contribution is 7.11. The zero-order chi connectivity index (χ0) is 15.5. The van der Waals surface area contributed by atoms with Crippen LogP contribution in [0.3, 0.4) is 0 Å². The number of aryl methyl sites for hydroxylation is 1. The quantitative estimate of drug-likeness (QED) is 0.805. The summed E-state index contributed by atoms with van der Waals surface area (Å²) in [5.74, 6) is -0.0861. The maximum absolute atomic E-state index is 12.3. The van der Waals surface area contributed by atoms with Crippen molar-refractivity contribution in [2.75, 3.05) is 0 Å². The van der Waals surface area contributed by atoms with Crippen LogP contribution in [0.5, 0.6) is 0 Å². The van der Waals surface area contributed by atoms with E-state index in [1.807, 2.05) is 50.4 Å². The predicted octanol–water partition coefficient (Wildman–Crippen LogP) is 3.13. The summed E-state index contributed by atoms with van der Waals surface area (Å²) >= 11 is 1.36. The van der Waals surface area contributed by atoms with Crippen molar-refractivity contribution < 1.29 is 4.79 Å². The van der Waals surface area contributed by atoms with E-state index in [4.69, 9.17) is 0 Å². The average Bonchev–Trinajstić information content (AvgIpc) is 3.18. The summed E-state index contributed by atoms with van der Waals surface area (Å²) in [4.78, 5) is 17.0. The normalized spacial score (nSPS) is 12.1. The molecule has 112 valence electrons. The smallest absolute Gasteiger partial charge is 0.263 e. The van der Waals surface area contributed by atoms with E-state index in [9.17, 15) is 4.79 Å². The monoisotopic (exact) mass is 312 g/mol.